The molecule has 4 aromatic rings. The van der Waals surface area contributed by atoms with Crippen molar-refractivity contribution in [1.82, 2.24) is 30.6 Å². The predicted octanol–water partition coefficient (Wildman–Crippen LogP) is 9.77. The number of hydrogen-bond donors (Lipinski definition) is 2. The second kappa shape index (κ2) is 20.0. The number of ether oxygens (including phenoxy) is 2. The van der Waals surface area contributed by atoms with Gasteiger partial charge >= 0.3 is 19.3 Å². The Balaban J connectivity index is 0.000000239. The number of alkyl carbamates (subject to hydrolysis) is 2. The largest absolute Gasteiger partial charge is 0.507 e. The van der Waals surface area contributed by atoms with Crippen LogP contribution >= 0.6 is 38.6 Å². The van der Waals surface area contributed by atoms with Gasteiger partial charge in [-0.1, -0.05) is 12.1 Å². The molecule has 5 heterocycles. The zero-order chi connectivity index (χ0) is 43.8. The lowest BCUT2D eigenvalue weighted by molar-refractivity contribution is 0.00578. The third kappa shape index (κ3) is 14.5. The lowest BCUT2D eigenvalue weighted by atomic mass is 9.86. The molecule has 1 saturated heterocycles. The highest BCUT2D eigenvalue weighted by atomic mass is 79.9. The van der Waals surface area contributed by atoms with E-state index in [1.165, 1.54) is 41.9 Å². The van der Waals surface area contributed by atoms with Gasteiger partial charge in [0.1, 0.15) is 27.9 Å². The maximum atomic E-state index is 13.3. The van der Waals surface area contributed by atoms with Crippen molar-refractivity contribution in [3.63, 3.8) is 0 Å². The van der Waals surface area contributed by atoms with Gasteiger partial charge in [-0.3, -0.25) is 9.97 Å². The molecule has 2 unspecified atom stereocenters. The number of thiazole rings is 2. The molecule has 0 bridgehead atoms. The van der Waals surface area contributed by atoms with E-state index in [2.05, 4.69) is 74.2 Å². The van der Waals surface area contributed by atoms with Crippen molar-refractivity contribution in [2.75, 3.05) is 0 Å². The highest BCUT2D eigenvalue weighted by molar-refractivity contribution is 9.10. The van der Waals surface area contributed by atoms with Crippen LogP contribution in [0.2, 0.25) is 0 Å². The molecule has 318 valence electrons. The first-order valence-corrected chi connectivity index (χ1v) is 20.5. The average Bonchev–Trinajstić information content (AvgIpc) is 3.77. The van der Waals surface area contributed by atoms with Crippen LogP contribution in [0.4, 0.5) is 27.2 Å². The third-order valence-electron chi connectivity index (χ3n) is 8.33. The van der Waals surface area contributed by atoms with Crippen LogP contribution in [0.5, 0.6) is 0 Å². The highest BCUT2D eigenvalue weighted by Crippen LogP contribution is 2.37. The van der Waals surface area contributed by atoms with E-state index in [1.807, 2.05) is 19.4 Å². The molecule has 0 radical (unpaired) electrons. The van der Waals surface area contributed by atoms with Gasteiger partial charge in [0.25, 0.3) is 12.9 Å². The van der Waals surface area contributed by atoms with Gasteiger partial charge in [-0.05, 0) is 122 Å². The summed E-state index contributed by atoms with van der Waals surface area (Å²) >= 11 is 6.13. The minimum absolute atomic E-state index is 0.210. The Kier molecular flexibility index (Phi) is 16.8. The molecular formula is C38H50BBrF4N6O6S2. The monoisotopic (exact) mass is 916 g/mol. The summed E-state index contributed by atoms with van der Waals surface area (Å²) in [5, 5.41) is 4.34. The number of aryl methyl sites for hydroxylation is 2. The van der Waals surface area contributed by atoms with Gasteiger partial charge in [0.2, 0.25) is 0 Å². The molecule has 2 amide bonds. The molecule has 0 aromatic carbocycles. The number of nitrogens with one attached hydrogen (secondary N) is 2. The molecule has 0 saturated carbocycles. The fourth-order valence-electron chi connectivity index (χ4n) is 4.78. The number of amides is 2. The topological polar surface area (TPSA) is 147 Å². The van der Waals surface area contributed by atoms with Gasteiger partial charge in [0.05, 0.1) is 43.3 Å². The Bertz CT molecular complexity index is 1920. The van der Waals surface area contributed by atoms with E-state index in [0.29, 0.717) is 10.3 Å². The summed E-state index contributed by atoms with van der Waals surface area (Å²) in [6.07, 6.45) is -4.71. The van der Waals surface area contributed by atoms with Crippen molar-refractivity contribution >= 4 is 62.7 Å². The van der Waals surface area contributed by atoms with Gasteiger partial charge in [0, 0.05) is 18.1 Å². The van der Waals surface area contributed by atoms with Crippen LogP contribution in [-0.2, 0) is 18.8 Å². The number of nitrogens with zero attached hydrogens (tertiary/aromatic N) is 4. The third-order valence-corrected chi connectivity index (χ3v) is 10.7. The molecule has 1 fully saturated rings. The normalized spacial score (nSPS) is 15.7. The first-order valence-electron chi connectivity index (χ1n) is 18.0. The number of alkyl halides is 4. The van der Waals surface area contributed by atoms with Crippen molar-refractivity contribution in [3.05, 3.63) is 74.8 Å². The Morgan fingerprint density at radius 1 is 0.724 bits per heavy atom. The number of carbonyl (C=O) groups is 2. The molecule has 0 spiro atoms. The number of pyridine rings is 2. The minimum atomic E-state index is -2.78. The summed E-state index contributed by atoms with van der Waals surface area (Å²) in [4.78, 5) is 40.6. The molecule has 4 aromatic heterocycles. The number of rotatable bonds is 8. The van der Waals surface area contributed by atoms with Crippen molar-refractivity contribution in [2.45, 2.75) is 130 Å². The van der Waals surface area contributed by atoms with Crippen LogP contribution in [0, 0.1) is 13.8 Å². The summed E-state index contributed by atoms with van der Waals surface area (Å²) in [6.45, 7) is 22.0. The van der Waals surface area contributed by atoms with Crippen molar-refractivity contribution in [2.24, 2.45) is 0 Å². The average molecular weight is 918 g/mol. The lowest BCUT2D eigenvalue weighted by Crippen LogP contribution is -2.41. The molecule has 58 heavy (non-hydrogen) atoms. The van der Waals surface area contributed by atoms with E-state index >= 15 is 0 Å². The van der Waals surface area contributed by atoms with Crippen molar-refractivity contribution < 1.29 is 45.9 Å². The molecule has 20 heteroatoms. The molecule has 1 aliphatic rings. The number of halogens is 5. The van der Waals surface area contributed by atoms with E-state index in [9.17, 15) is 27.2 Å². The Morgan fingerprint density at radius 2 is 1.17 bits per heavy atom. The van der Waals surface area contributed by atoms with Gasteiger partial charge in [-0.25, -0.2) is 37.1 Å². The second-order valence-electron chi connectivity index (χ2n) is 16.0. The minimum Gasteiger partial charge on any atom is -0.444 e. The Labute approximate surface area is 353 Å². The smallest absolute Gasteiger partial charge is 0.444 e. The summed E-state index contributed by atoms with van der Waals surface area (Å²) in [6, 6.07) is 3.23. The molecule has 1 aliphatic heterocycles. The molecule has 0 aliphatic carbocycles. The molecular weight excluding hydrogens is 867 g/mol. The fourth-order valence-corrected chi connectivity index (χ4v) is 6.55. The summed E-state index contributed by atoms with van der Waals surface area (Å²) < 4.78 is 76.0. The quantitative estimate of drug-likeness (QED) is 0.0995. The summed E-state index contributed by atoms with van der Waals surface area (Å²) in [5.41, 5.74) is 4.40. The first kappa shape index (κ1) is 48.7. The predicted molar refractivity (Wildman–Crippen MR) is 221 cm³/mol. The zero-order valence-electron chi connectivity index (χ0n) is 34.5. The van der Waals surface area contributed by atoms with Crippen molar-refractivity contribution in [1.29, 1.82) is 0 Å². The standard InChI is InChI=1S/C16H19F2N3O2S.C12H15BrF2N2O2.C10H16BNO2S/c1-9-13(24-8-20-9)11-6-5-10(7-19-11)12(14(17)18)21-15(22)23-16(2,3)4;1-12(2,3)19-11(18)17-9(10(14)15)7-4-5-8(13)16-6-7;1-7-8(15-6-12-7)11-13-9(2,3)10(4,5)14-11/h5-8,12,14H,1-4H3,(H,21,22);4-6,9-10H,1-3H3,(H,17,18);6H,1-5H3. The highest BCUT2D eigenvalue weighted by Gasteiger charge is 2.52. The van der Waals surface area contributed by atoms with Gasteiger partial charge in [0.15, 0.2) is 0 Å². The van der Waals surface area contributed by atoms with E-state index < -0.39 is 48.3 Å². The van der Waals surface area contributed by atoms with Gasteiger partial charge < -0.3 is 29.4 Å². The molecule has 12 nitrogen and oxygen atoms in total. The van der Waals surface area contributed by atoms with Gasteiger partial charge in [-0.2, -0.15) is 0 Å². The SMILES string of the molecule is CC(C)(C)OC(=O)NC(c1ccc(Br)nc1)C(F)F.Cc1ncsc1-c1ccc(C(NC(=O)OC(C)(C)C)C(F)F)cn1.Cc1ncsc1B1OC(C)(C)C(C)(C)O1. The number of carbonyl (C=O) groups excluding carboxylic acids is 2. The number of aromatic nitrogens is 4. The van der Waals surface area contributed by atoms with E-state index in [0.717, 1.165) is 21.0 Å². The van der Waals surface area contributed by atoms with Gasteiger partial charge in [-0.15, -0.1) is 22.7 Å². The Hall–Kier alpha value is -3.72. The first-order chi connectivity index (χ1) is 26.7. The number of hydrogen-bond acceptors (Lipinski definition) is 12. The molecule has 2 atom stereocenters. The van der Waals surface area contributed by atoms with Crippen LogP contribution < -0.4 is 15.4 Å². The summed E-state index contributed by atoms with van der Waals surface area (Å²) in [5.74, 6) is 0. The Morgan fingerprint density at radius 3 is 1.52 bits per heavy atom. The van der Waals surface area contributed by atoms with E-state index in [-0.39, 0.29) is 29.4 Å². The summed E-state index contributed by atoms with van der Waals surface area (Å²) in [7, 11) is -0.262. The zero-order valence-corrected chi connectivity index (χ0v) is 37.7. The van der Waals surface area contributed by atoms with Crippen LogP contribution in [0.3, 0.4) is 0 Å². The van der Waals surface area contributed by atoms with Crippen LogP contribution in [0.1, 0.15) is 104 Å². The van der Waals surface area contributed by atoms with E-state index in [4.69, 9.17) is 18.8 Å². The molecule has 5 rings (SSSR count). The van der Waals surface area contributed by atoms with Crippen LogP contribution in [-0.4, -0.2) is 74.5 Å². The maximum absolute atomic E-state index is 13.3. The lowest BCUT2D eigenvalue weighted by Gasteiger charge is -2.32. The van der Waals surface area contributed by atoms with Crippen molar-refractivity contribution in [3.8, 4) is 10.6 Å². The van der Waals surface area contributed by atoms with Crippen LogP contribution in [0.25, 0.3) is 10.6 Å². The van der Waals surface area contributed by atoms with E-state index in [1.54, 1.807) is 64.5 Å². The fraction of sp³-hybridized carbons (Fsp3) is 0.526. The second-order valence-corrected chi connectivity index (χ2v) is 18.5. The molecule has 2 N–H and O–H groups in total. The maximum Gasteiger partial charge on any atom is 0.507 e. The van der Waals surface area contributed by atoms with Crippen LogP contribution in [0.15, 0.2) is 52.3 Å².